The Morgan fingerprint density at radius 2 is 1.51 bits per heavy atom. The number of amides is 1. The van der Waals surface area contributed by atoms with Crippen LogP contribution >= 0.6 is 0 Å². The fourth-order valence-electron chi connectivity index (χ4n) is 7.30. The summed E-state index contributed by atoms with van der Waals surface area (Å²) in [5.74, 6) is 1.84. The molecule has 1 fully saturated rings. The summed E-state index contributed by atoms with van der Waals surface area (Å²) in [7, 11) is -1.32. The molecule has 1 aliphatic carbocycles. The summed E-state index contributed by atoms with van der Waals surface area (Å²) in [6.45, 7) is 18.1. The monoisotopic (exact) mass is 655 g/mol. The molecule has 5 rings (SSSR count). The molecular weight excluding hydrogens is 599 g/mol. The molecule has 1 aliphatic heterocycles. The molecule has 3 aromatic rings. The first-order valence-corrected chi connectivity index (χ1v) is 20.7. The molecule has 2 aliphatic rings. The summed E-state index contributed by atoms with van der Waals surface area (Å²) < 4.78 is 19.6. The third kappa shape index (κ3) is 9.16. The van der Waals surface area contributed by atoms with Gasteiger partial charge in [-0.25, -0.2) is 0 Å². The Labute approximate surface area is 285 Å². The molecule has 3 aromatic carbocycles. The van der Waals surface area contributed by atoms with E-state index in [0.717, 1.165) is 59.6 Å². The first-order chi connectivity index (χ1) is 22.3. The Bertz CT molecular complexity index is 1450. The van der Waals surface area contributed by atoms with Gasteiger partial charge in [-0.3, -0.25) is 4.79 Å². The average molecular weight is 656 g/mol. The summed E-state index contributed by atoms with van der Waals surface area (Å²) in [6.07, 6.45) is 8.40. The van der Waals surface area contributed by atoms with Crippen LogP contribution < -0.4 is 10.1 Å². The summed E-state index contributed by atoms with van der Waals surface area (Å²) >= 11 is 0. The fourth-order valence-corrected chi connectivity index (χ4v) is 8.09. The van der Waals surface area contributed by atoms with Crippen molar-refractivity contribution in [2.24, 2.45) is 11.3 Å². The van der Waals surface area contributed by atoms with Crippen molar-refractivity contribution in [3.63, 3.8) is 0 Å². The van der Waals surface area contributed by atoms with Crippen molar-refractivity contribution in [2.75, 3.05) is 5.32 Å². The molecule has 1 amide bonds. The molecule has 1 heterocycles. The predicted octanol–water partition coefficient (Wildman–Crippen LogP) is 10.5. The van der Waals surface area contributed by atoms with E-state index in [1.807, 2.05) is 36.4 Å². The van der Waals surface area contributed by atoms with E-state index in [9.17, 15) is 4.79 Å². The maximum Gasteiger partial charge on any atom is 0.225 e. The number of aryl methyl sites for hydroxylation is 1. The molecule has 1 N–H and O–H groups in total. The molecule has 47 heavy (non-hydrogen) atoms. The van der Waals surface area contributed by atoms with E-state index in [1.54, 1.807) is 0 Å². The lowest BCUT2D eigenvalue weighted by molar-refractivity contribution is -0.178. The minimum Gasteiger partial charge on any atom is -0.457 e. The Kier molecular flexibility index (Phi) is 11.4. The average Bonchev–Trinajstić information content (AvgIpc) is 3.00. The number of rotatable bonds is 11. The van der Waals surface area contributed by atoms with Gasteiger partial charge < -0.3 is 19.2 Å². The number of para-hydroxylation sites is 2. The lowest BCUT2D eigenvalue weighted by Crippen LogP contribution is -2.41. The van der Waals surface area contributed by atoms with Crippen molar-refractivity contribution in [1.82, 2.24) is 0 Å². The lowest BCUT2D eigenvalue weighted by atomic mass is 9.76. The topological polar surface area (TPSA) is 56.8 Å². The van der Waals surface area contributed by atoms with Crippen molar-refractivity contribution in [1.29, 1.82) is 0 Å². The van der Waals surface area contributed by atoms with Gasteiger partial charge in [-0.05, 0) is 78.9 Å². The molecule has 1 saturated carbocycles. The third-order valence-electron chi connectivity index (χ3n) is 9.83. The maximum atomic E-state index is 13.9. The first-order valence-electron chi connectivity index (χ1n) is 17.9. The molecule has 5 nitrogen and oxygen atoms in total. The van der Waals surface area contributed by atoms with Gasteiger partial charge in [0.2, 0.25) is 5.91 Å². The van der Waals surface area contributed by atoms with Crippen LogP contribution in [0, 0.1) is 11.3 Å². The summed E-state index contributed by atoms with van der Waals surface area (Å²) in [4.78, 5) is 13.9. The number of carbonyl (C=O) groups is 1. The van der Waals surface area contributed by atoms with Gasteiger partial charge in [0, 0.05) is 35.1 Å². The van der Waals surface area contributed by atoms with Crippen LogP contribution in [0.25, 0.3) is 0 Å². The number of hydrogen-bond acceptors (Lipinski definition) is 4. The number of carbonyl (C=O) groups excluding carboxylic acids is 1. The van der Waals surface area contributed by atoms with Crippen LogP contribution in [-0.2, 0) is 25.8 Å². The van der Waals surface area contributed by atoms with Crippen LogP contribution in [0.3, 0.4) is 0 Å². The van der Waals surface area contributed by atoms with E-state index < -0.39 is 9.04 Å². The van der Waals surface area contributed by atoms with Crippen LogP contribution in [0.5, 0.6) is 11.5 Å². The number of hydrogen-bond donors (Lipinski definition) is 1. The highest BCUT2D eigenvalue weighted by Crippen LogP contribution is 2.46. The van der Waals surface area contributed by atoms with Crippen LogP contribution in [0.4, 0.5) is 5.69 Å². The quantitative estimate of drug-likeness (QED) is 0.165. The van der Waals surface area contributed by atoms with Crippen LogP contribution in [-0.4, -0.2) is 27.3 Å². The Hall–Kier alpha value is -2.93. The van der Waals surface area contributed by atoms with E-state index in [4.69, 9.17) is 13.9 Å². The molecule has 2 unspecified atom stereocenters. The second kappa shape index (κ2) is 15.1. The molecule has 254 valence electrons. The molecule has 0 saturated heterocycles. The van der Waals surface area contributed by atoms with Gasteiger partial charge in [0.15, 0.2) is 15.3 Å². The largest absolute Gasteiger partial charge is 0.457 e. The summed E-state index contributed by atoms with van der Waals surface area (Å²) in [6, 6.07) is 22.8. The van der Waals surface area contributed by atoms with E-state index >= 15 is 0 Å². The van der Waals surface area contributed by atoms with Gasteiger partial charge >= 0.3 is 0 Å². The van der Waals surface area contributed by atoms with E-state index in [1.165, 1.54) is 24.8 Å². The third-order valence-corrected chi connectivity index (χ3v) is 10.6. The van der Waals surface area contributed by atoms with Crippen LogP contribution in [0.15, 0.2) is 66.7 Å². The van der Waals surface area contributed by atoms with Crippen LogP contribution in [0.2, 0.25) is 13.1 Å². The van der Waals surface area contributed by atoms with E-state index in [-0.39, 0.29) is 34.9 Å². The van der Waals surface area contributed by atoms with Gasteiger partial charge in [-0.1, -0.05) is 109 Å². The molecule has 0 radical (unpaired) electrons. The van der Waals surface area contributed by atoms with E-state index in [0.29, 0.717) is 12.5 Å². The van der Waals surface area contributed by atoms with Crippen molar-refractivity contribution < 1.29 is 18.7 Å². The highest BCUT2D eigenvalue weighted by Gasteiger charge is 2.36. The van der Waals surface area contributed by atoms with Gasteiger partial charge in [0.1, 0.15) is 11.5 Å². The summed E-state index contributed by atoms with van der Waals surface area (Å²) in [5, 5.41) is 3.36. The van der Waals surface area contributed by atoms with Crippen molar-refractivity contribution >= 4 is 20.6 Å². The van der Waals surface area contributed by atoms with Gasteiger partial charge in [-0.15, -0.1) is 0 Å². The minimum atomic E-state index is -1.32. The van der Waals surface area contributed by atoms with Crippen molar-refractivity contribution in [2.45, 2.75) is 130 Å². The second-order valence-corrected chi connectivity index (χ2v) is 18.4. The predicted molar refractivity (Wildman–Crippen MR) is 196 cm³/mol. The van der Waals surface area contributed by atoms with Crippen molar-refractivity contribution in [3.05, 3.63) is 89.0 Å². The van der Waals surface area contributed by atoms with Crippen molar-refractivity contribution in [3.8, 4) is 11.5 Å². The lowest BCUT2D eigenvalue weighted by Gasteiger charge is -2.40. The number of benzene rings is 3. The molecule has 0 aromatic heterocycles. The van der Waals surface area contributed by atoms with E-state index in [2.05, 4.69) is 90.3 Å². The zero-order valence-electron chi connectivity index (χ0n) is 30.0. The highest BCUT2D eigenvalue weighted by atomic mass is 28.3. The number of nitrogens with one attached hydrogen (secondary N) is 1. The molecule has 6 heteroatoms. The fraction of sp³-hybridized carbons (Fsp3) is 0.537. The first kappa shape index (κ1) is 35.4. The normalized spacial score (nSPS) is 17.0. The standard InChI is InChI=1S/C41H57NO4Si/c1-40(2,3)33-24-22-28(23-25-34(41(4,5)6)39(46-47(7)8)44-29-16-10-9-11-17-29)26-35(33)42-38(43)27-32-30-18-12-14-20-36(30)45-37-21-15-13-19-31(32)37/h12-15,18-22,24,26,29,32,34,39,47H,9-11,16-17,23,25,27H2,1-8H3,(H,42,43). The van der Waals surface area contributed by atoms with Gasteiger partial charge in [0.05, 0.1) is 6.10 Å². The Morgan fingerprint density at radius 3 is 2.09 bits per heavy atom. The number of fused-ring (bicyclic) bond motifs is 2. The molecule has 0 bridgehead atoms. The highest BCUT2D eigenvalue weighted by molar-refractivity contribution is 6.48. The van der Waals surface area contributed by atoms with Gasteiger partial charge in [-0.2, -0.15) is 0 Å². The number of anilines is 1. The molecule has 2 atom stereocenters. The Balaban J connectivity index is 1.36. The van der Waals surface area contributed by atoms with Crippen LogP contribution in [0.1, 0.15) is 115 Å². The number of ether oxygens (including phenoxy) is 2. The second-order valence-electron chi connectivity index (χ2n) is 16.1. The SMILES string of the molecule is C[SiH](C)OC(OC1CCCCC1)C(CCc1ccc(C(C)(C)C)c(NC(=O)CC2c3ccccc3Oc3ccccc32)c1)C(C)(C)C. The zero-order chi connectivity index (χ0) is 33.8. The zero-order valence-corrected chi connectivity index (χ0v) is 31.2. The Morgan fingerprint density at radius 1 is 0.894 bits per heavy atom. The summed E-state index contributed by atoms with van der Waals surface area (Å²) in [5.41, 5.74) is 5.28. The van der Waals surface area contributed by atoms with Gasteiger partial charge in [0.25, 0.3) is 0 Å². The molecular formula is C41H57NO4Si. The minimum absolute atomic E-state index is 0.00737. The maximum absolute atomic E-state index is 13.9. The smallest absolute Gasteiger partial charge is 0.225 e. The molecule has 0 spiro atoms.